The summed E-state index contributed by atoms with van der Waals surface area (Å²) >= 11 is 0. The summed E-state index contributed by atoms with van der Waals surface area (Å²) in [6, 6.07) is 8.19. The maximum Gasteiger partial charge on any atom is 0.429 e. The van der Waals surface area contributed by atoms with E-state index in [1.165, 1.54) is 0 Å². The highest BCUT2D eigenvalue weighted by atomic mass is 19.1. The number of nitrogens with one attached hydrogen (secondary N) is 2. The molecule has 0 radical (unpaired) electrons. The van der Waals surface area contributed by atoms with Crippen molar-refractivity contribution in [2.45, 2.75) is 98.2 Å². The van der Waals surface area contributed by atoms with Crippen molar-refractivity contribution >= 4 is 24.1 Å². The summed E-state index contributed by atoms with van der Waals surface area (Å²) in [4.78, 5) is 68.2. The number of aromatic nitrogens is 1. The van der Waals surface area contributed by atoms with Crippen LogP contribution in [0.25, 0.3) is 0 Å². The molecule has 0 saturated heterocycles. The molecule has 4 atom stereocenters. The number of halogens is 3. The third-order valence-electron chi connectivity index (χ3n) is 8.62. The zero-order valence-corrected chi connectivity index (χ0v) is 32.3. The van der Waals surface area contributed by atoms with Crippen molar-refractivity contribution in [3.8, 4) is 5.75 Å². The molecule has 16 heteroatoms. The van der Waals surface area contributed by atoms with Crippen LogP contribution in [0.2, 0.25) is 0 Å². The second-order valence-corrected chi connectivity index (χ2v) is 15.3. The molecule has 1 heterocycles. The van der Waals surface area contributed by atoms with Gasteiger partial charge in [0.05, 0.1) is 13.2 Å². The number of rotatable bonds is 12. The van der Waals surface area contributed by atoms with Crippen molar-refractivity contribution in [1.29, 1.82) is 0 Å². The molecule has 3 amide bonds. The van der Waals surface area contributed by atoms with Crippen LogP contribution in [-0.2, 0) is 27.4 Å². The third-order valence-corrected chi connectivity index (χ3v) is 8.62. The summed E-state index contributed by atoms with van der Waals surface area (Å²) in [5.41, 5.74) is -4.28. The fraction of sp³-hybridized carbons (Fsp3) is 0.462. The Morgan fingerprint density at radius 2 is 1.53 bits per heavy atom. The van der Waals surface area contributed by atoms with E-state index in [0.29, 0.717) is 24.1 Å². The molecule has 13 nitrogen and oxygen atoms in total. The Balaban J connectivity index is 1.85. The van der Waals surface area contributed by atoms with Crippen LogP contribution in [0.5, 0.6) is 5.75 Å². The highest BCUT2D eigenvalue weighted by Gasteiger charge is 2.49. The average molecular weight is 773 g/mol. The molecule has 0 unspecified atom stereocenters. The van der Waals surface area contributed by atoms with Crippen LogP contribution < -0.4 is 25.8 Å². The fourth-order valence-electron chi connectivity index (χ4n) is 5.97. The molecule has 55 heavy (non-hydrogen) atoms. The molecular formula is C39H47F3N4O9. The normalized spacial score (nSPS) is 16.3. The van der Waals surface area contributed by atoms with Gasteiger partial charge in [0.25, 0.3) is 5.91 Å². The minimum absolute atomic E-state index is 0.189. The number of ether oxygens (including phenoxy) is 4. The minimum atomic E-state index is -1.28. The summed E-state index contributed by atoms with van der Waals surface area (Å²) in [5, 5.41) is 6.13. The van der Waals surface area contributed by atoms with Crippen LogP contribution in [-0.4, -0.2) is 59.1 Å². The Morgan fingerprint density at radius 3 is 2.09 bits per heavy atom. The largest absolute Gasteiger partial charge is 0.482 e. The molecule has 1 aliphatic rings. The monoisotopic (exact) mass is 772 g/mol. The Labute approximate surface area is 317 Å². The van der Waals surface area contributed by atoms with Crippen LogP contribution in [0.3, 0.4) is 0 Å². The maximum atomic E-state index is 14.5. The van der Waals surface area contributed by atoms with Gasteiger partial charge >= 0.3 is 18.2 Å². The first-order valence-electron chi connectivity index (χ1n) is 17.6. The molecule has 2 aromatic carbocycles. The van der Waals surface area contributed by atoms with E-state index in [0.717, 1.165) is 23.0 Å². The lowest BCUT2D eigenvalue weighted by Gasteiger charge is -2.35. The molecule has 1 saturated carbocycles. The minimum Gasteiger partial charge on any atom is -0.482 e. The number of pyridine rings is 1. The van der Waals surface area contributed by atoms with E-state index >= 15 is 0 Å². The van der Waals surface area contributed by atoms with Crippen LogP contribution >= 0.6 is 0 Å². The predicted molar refractivity (Wildman–Crippen MR) is 195 cm³/mol. The number of methoxy groups -OCH3 is 1. The van der Waals surface area contributed by atoms with Crippen molar-refractivity contribution in [2.75, 3.05) is 12.1 Å². The van der Waals surface area contributed by atoms with Gasteiger partial charge < -0.3 is 29.6 Å². The van der Waals surface area contributed by atoms with Crippen molar-refractivity contribution in [3.63, 3.8) is 0 Å². The first-order chi connectivity index (χ1) is 25.6. The van der Waals surface area contributed by atoms with Crippen LogP contribution in [0.1, 0.15) is 93.8 Å². The summed E-state index contributed by atoms with van der Waals surface area (Å²) < 4.78 is 65.7. The molecule has 0 aliphatic heterocycles. The number of carbonyl (C=O) groups is 4. The van der Waals surface area contributed by atoms with E-state index < -0.39 is 99.3 Å². The van der Waals surface area contributed by atoms with Gasteiger partial charge in [-0.1, -0.05) is 30.3 Å². The zero-order chi connectivity index (χ0) is 41.0. The lowest BCUT2D eigenvalue weighted by atomic mass is 10.1. The summed E-state index contributed by atoms with van der Waals surface area (Å²) in [6.07, 6.45) is -0.198. The van der Waals surface area contributed by atoms with Crippen molar-refractivity contribution < 1.29 is 51.3 Å². The van der Waals surface area contributed by atoms with Crippen molar-refractivity contribution in [1.82, 2.24) is 15.3 Å². The third kappa shape index (κ3) is 10.8. The van der Waals surface area contributed by atoms with Gasteiger partial charge in [-0.15, -0.1) is 0 Å². The molecule has 0 spiro atoms. The Kier molecular flexibility index (Phi) is 12.9. The highest BCUT2D eigenvalue weighted by molar-refractivity contribution is 5.97. The lowest BCUT2D eigenvalue weighted by molar-refractivity contribution is 0.0473. The molecule has 1 aromatic heterocycles. The number of hydrogen-bond donors (Lipinski definition) is 2. The molecule has 1 aliphatic carbocycles. The first-order valence-corrected chi connectivity index (χ1v) is 17.6. The highest BCUT2D eigenvalue weighted by Crippen LogP contribution is 2.45. The van der Waals surface area contributed by atoms with E-state index in [2.05, 4.69) is 10.6 Å². The van der Waals surface area contributed by atoms with E-state index in [1.807, 2.05) is 0 Å². The number of carbonyl (C=O) groups excluding carboxylic acids is 4. The number of esters is 1. The summed E-state index contributed by atoms with van der Waals surface area (Å²) in [7, 11) is 1.05. The van der Waals surface area contributed by atoms with Gasteiger partial charge in [-0.25, -0.2) is 37.2 Å². The van der Waals surface area contributed by atoms with Gasteiger partial charge in [0.15, 0.2) is 5.69 Å². The number of amides is 3. The SMILES string of the molecule is COC(=O)c1c(OCc2ccccc2)c(=O)c(C(=O)NCc2c(F)cc(F)cc2F)cn1N(C(=O)OC(C)(C)C)[C@H](C)[C@H]1C[C@H]1[C@H](C)NC(=O)OC(C)(C)C. The maximum absolute atomic E-state index is 14.5. The topological polar surface area (TPSA) is 154 Å². The van der Waals surface area contributed by atoms with Crippen LogP contribution in [0, 0.1) is 29.3 Å². The molecule has 298 valence electrons. The smallest absolute Gasteiger partial charge is 0.429 e. The van der Waals surface area contributed by atoms with Crippen molar-refractivity contribution in [3.05, 3.63) is 98.7 Å². The first kappa shape index (κ1) is 42.2. The van der Waals surface area contributed by atoms with Gasteiger partial charge in [-0.3, -0.25) is 9.59 Å². The Bertz CT molecular complexity index is 1950. The fourth-order valence-corrected chi connectivity index (χ4v) is 5.97. The van der Waals surface area contributed by atoms with Crippen LogP contribution in [0.4, 0.5) is 22.8 Å². The second-order valence-electron chi connectivity index (χ2n) is 15.3. The molecule has 3 aromatic rings. The number of alkyl carbamates (subject to hydrolysis) is 1. The molecule has 4 rings (SSSR count). The standard InChI is InChI=1S/C39H47F3N4O9/c1-21(44-36(50)54-38(3,4)5)25-17-26(25)22(2)46(37(51)55-39(6,7)8)45-19-28(34(48)43-18-27-29(41)15-24(40)16-30(27)42)32(47)33(31(45)35(49)52-9)53-20-23-13-11-10-12-14-23/h10-16,19,21-22,25-26H,17-18,20H2,1-9H3,(H,43,48)(H,44,50)/t21-,22+,25-,26+/m0/s1. The quantitative estimate of drug-likeness (QED) is 0.158. The van der Waals surface area contributed by atoms with E-state index in [1.54, 1.807) is 85.7 Å². The summed E-state index contributed by atoms with van der Waals surface area (Å²) in [6.45, 7) is 12.4. The molecule has 0 bridgehead atoms. The Morgan fingerprint density at radius 1 is 0.927 bits per heavy atom. The van der Waals surface area contributed by atoms with Gasteiger partial charge in [-0.2, -0.15) is 0 Å². The number of nitrogens with zero attached hydrogens (tertiary/aromatic N) is 2. The van der Waals surface area contributed by atoms with Crippen LogP contribution in [0.15, 0.2) is 53.5 Å². The lowest BCUT2D eigenvalue weighted by Crippen LogP contribution is -2.53. The van der Waals surface area contributed by atoms with Gasteiger partial charge in [-0.05, 0) is 79.2 Å². The second kappa shape index (κ2) is 16.9. The predicted octanol–water partition coefficient (Wildman–Crippen LogP) is 6.37. The van der Waals surface area contributed by atoms with E-state index in [4.69, 9.17) is 18.9 Å². The van der Waals surface area contributed by atoms with E-state index in [-0.39, 0.29) is 18.4 Å². The van der Waals surface area contributed by atoms with Gasteiger partial charge in [0, 0.05) is 36.5 Å². The summed E-state index contributed by atoms with van der Waals surface area (Å²) in [5.74, 6) is -7.19. The molecule has 1 fully saturated rings. The van der Waals surface area contributed by atoms with E-state index in [9.17, 15) is 37.1 Å². The average Bonchev–Trinajstić information content (AvgIpc) is 3.87. The van der Waals surface area contributed by atoms with Gasteiger partial charge in [0.2, 0.25) is 11.2 Å². The molecule has 2 N–H and O–H groups in total. The zero-order valence-electron chi connectivity index (χ0n) is 32.3. The number of benzene rings is 2. The molecular weight excluding hydrogens is 725 g/mol. The number of hydrogen-bond acceptors (Lipinski definition) is 9. The van der Waals surface area contributed by atoms with Gasteiger partial charge in [0.1, 0.15) is 40.8 Å². The van der Waals surface area contributed by atoms with Crippen molar-refractivity contribution in [2.24, 2.45) is 11.8 Å². The Hall–Kier alpha value is -5.54.